The number of hydrogen-bond donors (Lipinski definition) is 2. The van der Waals surface area contributed by atoms with Crippen molar-refractivity contribution in [3.8, 4) is 0 Å². The molecule has 9 nitrogen and oxygen atoms in total. The summed E-state index contributed by atoms with van der Waals surface area (Å²) in [5.41, 5.74) is 8.08. The first-order valence-corrected chi connectivity index (χ1v) is 13.9. The molecule has 3 N–H and O–H groups in total. The maximum atomic E-state index is 6.13. The van der Waals surface area contributed by atoms with E-state index in [1.165, 1.54) is 44.3 Å². The molecule has 0 atom stereocenters. The number of rotatable bonds is 14. The van der Waals surface area contributed by atoms with Gasteiger partial charge in [-0.1, -0.05) is 12.8 Å². The van der Waals surface area contributed by atoms with Gasteiger partial charge in [-0.15, -0.1) is 0 Å². The van der Waals surface area contributed by atoms with E-state index >= 15 is 0 Å². The van der Waals surface area contributed by atoms with Crippen molar-refractivity contribution in [3.05, 3.63) is 12.3 Å². The van der Waals surface area contributed by atoms with Crippen molar-refractivity contribution < 1.29 is 9.47 Å². The van der Waals surface area contributed by atoms with E-state index in [0.29, 0.717) is 0 Å². The second-order valence-corrected chi connectivity index (χ2v) is 10.0. The molecule has 2 fully saturated rings. The van der Waals surface area contributed by atoms with Gasteiger partial charge in [0.2, 0.25) is 0 Å². The molecule has 0 saturated carbocycles. The average molecular weight is 490 g/mol. The zero-order valence-corrected chi connectivity index (χ0v) is 21.6. The standard InChI is InChI=1S/C26H47N7O2/c27-24-22-25-26(29-23-24)33(11-7-28-6-5-9-31-16-20-35-21-17-31)13-12-32(25)10-4-2-1-3-8-30-14-18-34-19-15-30/h22-23,28H,1-21,27H2. The Morgan fingerprint density at radius 1 is 0.714 bits per heavy atom. The maximum absolute atomic E-state index is 6.13. The number of ether oxygens (including phenoxy) is 2. The topological polar surface area (TPSA) is 82.4 Å². The van der Waals surface area contributed by atoms with Crippen molar-refractivity contribution in [2.45, 2.75) is 32.1 Å². The fourth-order valence-corrected chi connectivity index (χ4v) is 5.26. The number of nitrogen functional groups attached to an aromatic ring is 1. The van der Waals surface area contributed by atoms with Crippen LogP contribution in [0.25, 0.3) is 0 Å². The molecule has 0 radical (unpaired) electrons. The van der Waals surface area contributed by atoms with Crippen LogP contribution in [0.15, 0.2) is 12.3 Å². The largest absolute Gasteiger partial charge is 0.397 e. The van der Waals surface area contributed by atoms with Gasteiger partial charge in [-0.05, 0) is 45.0 Å². The van der Waals surface area contributed by atoms with Gasteiger partial charge in [0.15, 0.2) is 5.82 Å². The summed E-state index contributed by atoms with van der Waals surface area (Å²) in [5.74, 6) is 1.09. The number of anilines is 3. The molecule has 35 heavy (non-hydrogen) atoms. The number of unbranched alkanes of at least 4 members (excludes halogenated alkanes) is 3. The van der Waals surface area contributed by atoms with E-state index in [4.69, 9.17) is 20.2 Å². The number of nitrogens with one attached hydrogen (secondary N) is 1. The van der Waals surface area contributed by atoms with Gasteiger partial charge < -0.3 is 30.3 Å². The van der Waals surface area contributed by atoms with Gasteiger partial charge in [0, 0.05) is 58.9 Å². The lowest BCUT2D eigenvalue weighted by atomic mass is 10.1. The molecule has 2 saturated heterocycles. The molecule has 0 unspecified atom stereocenters. The maximum Gasteiger partial charge on any atom is 0.152 e. The molecule has 3 aliphatic heterocycles. The molecular weight excluding hydrogens is 442 g/mol. The number of fused-ring (bicyclic) bond motifs is 1. The summed E-state index contributed by atoms with van der Waals surface area (Å²) >= 11 is 0. The second-order valence-electron chi connectivity index (χ2n) is 10.0. The van der Waals surface area contributed by atoms with Gasteiger partial charge in [0.1, 0.15) is 0 Å². The molecule has 1 aromatic rings. The number of nitrogens with two attached hydrogens (primary N) is 1. The van der Waals surface area contributed by atoms with Crippen molar-refractivity contribution in [3.63, 3.8) is 0 Å². The minimum atomic E-state index is 0.752. The van der Waals surface area contributed by atoms with Crippen LogP contribution in [-0.2, 0) is 9.47 Å². The van der Waals surface area contributed by atoms with Gasteiger partial charge in [0.25, 0.3) is 0 Å². The predicted molar refractivity (Wildman–Crippen MR) is 144 cm³/mol. The van der Waals surface area contributed by atoms with Gasteiger partial charge in [-0.2, -0.15) is 0 Å². The molecule has 3 aliphatic rings. The smallest absolute Gasteiger partial charge is 0.152 e. The number of aromatic nitrogens is 1. The van der Waals surface area contributed by atoms with Gasteiger partial charge in [-0.25, -0.2) is 4.98 Å². The third-order valence-corrected chi connectivity index (χ3v) is 7.39. The highest BCUT2D eigenvalue weighted by atomic mass is 16.5. The summed E-state index contributed by atoms with van der Waals surface area (Å²) in [4.78, 5) is 14.7. The Kier molecular flexibility index (Phi) is 11.2. The summed E-state index contributed by atoms with van der Waals surface area (Å²) < 4.78 is 10.9. The first kappa shape index (κ1) is 26.4. The van der Waals surface area contributed by atoms with Crippen LogP contribution in [0.1, 0.15) is 32.1 Å². The molecule has 1 aromatic heterocycles. The Hall–Kier alpha value is -1.65. The monoisotopic (exact) mass is 489 g/mol. The highest BCUT2D eigenvalue weighted by Crippen LogP contribution is 2.32. The SMILES string of the molecule is Nc1cnc2c(c1)N(CCCCCCN1CCOCC1)CCN2CCNCCCN1CCOCC1. The van der Waals surface area contributed by atoms with Crippen molar-refractivity contribution >= 4 is 17.2 Å². The van der Waals surface area contributed by atoms with E-state index in [0.717, 1.165) is 110 Å². The molecule has 198 valence electrons. The van der Waals surface area contributed by atoms with E-state index in [2.05, 4.69) is 31.0 Å². The summed E-state index contributed by atoms with van der Waals surface area (Å²) in [6.45, 7) is 16.5. The van der Waals surface area contributed by atoms with Crippen LogP contribution in [0.2, 0.25) is 0 Å². The first-order valence-electron chi connectivity index (χ1n) is 13.9. The molecular formula is C26H47N7O2. The summed E-state index contributed by atoms with van der Waals surface area (Å²) in [5, 5.41) is 3.63. The first-order chi connectivity index (χ1) is 17.3. The Bertz CT molecular complexity index is 726. The van der Waals surface area contributed by atoms with Gasteiger partial charge in [0.05, 0.1) is 44.0 Å². The second kappa shape index (κ2) is 14.8. The van der Waals surface area contributed by atoms with Gasteiger partial charge in [-0.3, -0.25) is 9.80 Å². The molecule has 0 spiro atoms. The van der Waals surface area contributed by atoms with Crippen molar-refractivity contribution in [2.75, 3.05) is 120 Å². The van der Waals surface area contributed by atoms with Crippen LogP contribution >= 0.6 is 0 Å². The van der Waals surface area contributed by atoms with Crippen LogP contribution in [0.3, 0.4) is 0 Å². The number of morpholine rings is 2. The normalized spacial score (nSPS) is 19.8. The van der Waals surface area contributed by atoms with E-state index in [-0.39, 0.29) is 0 Å². The number of pyridine rings is 1. The van der Waals surface area contributed by atoms with Crippen LogP contribution in [0, 0.1) is 0 Å². The lowest BCUT2D eigenvalue weighted by Crippen LogP contribution is -2.44. The van der Waals surface area contributed by atoms with E-state index in [9.17, 15) is 0 Å². The summed E-state index contributed by atoms with van der Waals surface area (Å²) in [6, 6.07) is 2.11. The Morgan fingerprint density at radius 2 is 1.34 bits per heavy atom. The predicted octanol–water partition coefficient (Wildman–Crippen LogP) is 1.49. The fraction of sp³-hybridized carbons (Fsp3) is 0.808. The lowest BCUT2D eigenvalue weighted by Gasteiger charge is -2.38. The quantitative estimate of drug-likeness (QED) is 0.378. The summed E-state index contributed by atoms with van der Waals surface area (Å²) in [6.07, 6.45) is 8.09. The molecule has 9 heteroatoms. The van der Waals surface area contributed by atoms with E-state index in [1.54, 1.807) is 6.20 Å². The highest BCUT2D eigenvalue weighted by molar-refractivity contribution is 5.72. The van der Waals surface area contributed by atoms with Gasteiger partial charge >= 0.3 is 0 Å². The Labute approximate surface area is 211 Å². The number of hydrogen-bond acceptors (Lipinski definition) is 9. The zero-order chi connectivity index (χ0) is 24.1. The number of nitrogens with zero attached hydrogens (tertiary/aromatic N) is 5. The average Bonchev–Trinajstić information content (AvgIpc) is 2.90. The molecule has 0 aliphatic carbocycles. The molecule has 0 bridgehead atoms. The summed E-state index contributed by atoms with van der Waals surface area (Å²) in [7, 11) is 0. The van der Waals surface area contributed by atoms with Crippen molar-refractivity contribution in [1.29, 1.82) is 0 Å². The van der Waals surface area contributed by atoms with Crippen LogP contribution < -0.4 is 20.9 Å². The Morgan fingerprint density at radius 3 is 2.06 bits per heavy atom. The molecule has 4 rings (SSSR count). The zero-order valence-electron chi connectivity index (χ0n) is 21.6. The molecule has 0 amide bonds. The minimum Gasteiger partial charge on any atom is -0.397 e. The minimum absolute atomic E-state index is 0.752. The highest BCUT2D eigenvalue weighted by Gasteiger charge is 2.23. The van der Waals surface area contributed by atoms with Crippen LogP contribution in [0.4, 0.5) is 17.2 Å². The lowest BCUT2D eigenvalue weighted by molar-refractivity contribution is 0.0371. The third kappa shape index (κ3) is 8.75. The van der Waals surface area contributed by atoms with Crippen LogP contribution in [-0.4, -0.2) is 120 Å². The van der Waals surface area contributed by atoms with Crippen LogP contribution in [0.5, 0.6) is 0 Å². The third-order valence-electron chi connectivity index (χ3n) is 7.39. The molecule has 4 heterocycles. The van der Waals surface area contributed by atoms with Crippen molar-refractivity contribution in [2.24, 2.45) is 0 Å². The fourth-order valence-electron chi connectivity index (χ4n) is 5.26. The molecule has 0 aromatic carbocycles. The van der Waals surface area contributed by atoms with Crippen molar-refractivity contribution in [1.82, 2.24) is 20.1 Å². The Balaban J connectivity index is 1.13. The van der Waals surface area contributed by atoms with E-state index in [1.807, 2.05) is 0 Å². The van der Waals surface area contributed by atoms with E-state index < -0.39 is 0 Å².